The van der Waals surface area contributed by atoms with Crippen LogP contribution in [0.25, 0.3) is 6.08 Å². The predicted molar refractivity (Wildman–Crippen MR) is 78.0 cm³/mol. The molecular weight excluding hydrogens is 375 g/mol. The van der Waals surface area contributed by atoms with Crippen LogP contribution in [0.2, 0.25) is 0 Å². The number of benzene rings is 1. The van der Waals surface area contributed by atoms with Gasteiger partial charge in [-0.15, -0.1) is 0 Å². The van der Waals surface area contributed by atoms with Gasteiger partial charge in [0.05, 0.1) is 10.7 Å². The number of nitriles is 2. The maximum absolute atomic E-state index is 10.5. The summed E-state index contributed by atoms with van der Waals surface area (Å²) in [6, 6.07) is 6.74. The number of carboxylic acids is 1. The quantitative estimate of drug-likeness (QED) is 0.617. The topological polar surface area (TPSA) is 103 Å². The monoisotopic (exact) mass is 384 g/mol. The van der Waals surface area contributed by atoms with Crippen molar-refractivity contribution in [2.45, 2.75) is 0 Å². The molecule has 0 saturated carbocycles. The van der Waals surface area contributed by atoms with Gasteiger partial charge >= 0.3 is 5.97 Å². The minimum absolute atomic E-state index is 0.0398. The number of ether oxygens (including phenoxy) is 2. The maximum Gasteiger partial charge on any atom is 0.341 e. The summed E-state index contributed by atoms with van der Waals surface area (Å²) in [7, 11) is 1.42. The van der Waals surface area contributed by atoms with E-state index in [9.17, 15) is 4.79 Å². The molecule has 0 aliphatic rings. The number of methoxy groups -OCH3 is 1. The largest absolute Gasteiger partial charge is 0.493 e. The Hall–Kier alpha value is -2.26. The first-order valence-electron chi connectivity index (χ1n) is 5.25. The average molecular weight is 384 g/mol. The van der Waals surface area contributed by atoms with Crippen molar-refractivity contribution in [2.75, 3.05) is 13.7 Å². The van der Waals surface area contributed by atoms with Gasteiger partial charge in [0.15, 0.2) is 18.1 Å². The molecule has 20 heavy (non-hydrogen) atoms. The lowest BCUT2D eigenvalue weighted by molar-refractivity contribution is -0.139. The van der Waals surface area contributed by atoms with Crippen molar-refractivity contribution < 1.29 is 19.4 Å². The smallest absolute Gasteiger partial charge is 0.341 e. The highest BCUT2D eigenvalue weighted by molar-refractivity contribution is 14.1. The molecule has 0 aromatic heterocycles. The van der Waals surface area contributed by atoms with Crippen LogP contribution < -0.4 is 9.47 Å². The predicted octanol–water partition coefficient (Wildman–Crippen LogP) is 2.19. The number of hydrogen-bond acceptors (Lipinski definition) is 5. The summed E-state index contributed by atoms with van der Waals surface area (Å²) in [6.07, 6.45) is 1.41. The minimum atomic E-state index is -1.09. The Morgan fingerprint density at radius 2 is 2.10 bits per heavy atom. The van der Waals surface area contributed by atoms with Crippen molar-refractivity contribution in [3.05, 3.63) is 26.8 Å². The van der Waals surface area contributed by atoms with Crippen LogP contribution >= 0.6 is 22.6 Å². The standard InChI is InChI=1S/C13H9IN2O4/c1-19-11-4-8(2-9(5-15)6-16)3-10(14)13(11)20-7-12(17)18/h2-4H,7H2,1H3,(H,17,18). The van der Waals surface area contributed by atoms with Crippen LogP contribution in [-0.4, -0.2) is 24.8 Å². The first-order valence-corrected chi connectivity index (χ1v) is 6.33. The van der Waals surface area contributed by atoms with Crippen LogP contribution in [-0.2, 0) is 4.79 Å². The van der Waals surface area contributed by atoms with E-state index in [1.807, 2.05) is 22.6 Å². The molecule has 1 N–H and O–H groups in total. The van der Waals surface area contributed by atoms with E-state index in [1.54, 1.807) is 24.3 Å². The number of hydrogen-bond donors (Lipinski definition) is 1. The lowest BCUT2D eigenvalue weighted by Crippen LogP contribution is -2.11. The minimum Gasteiger partial charge on any atom is -0.493 e. The highest BCUT2D eigenvalue weighted by Gasteiger charge is 2.12. The second kappa shape index (κ2) is 7.36. The van der Waals surface area contributed by atoms with E-state index >= 15 is 0 Å². The fraction of sp³-hybridized carbons (Fsp3) is 0.154. The fourth-order valence-corrected chi connectivity index (χ4v) is 2.13. The summed E-state index contributed by atoms with van der Waals surface area (Å²) in [5.74, 6) is -0.453. The summed E-state index contributed by atoms with van der Waals surface area (Å²) >= 11 is 1.96. The molecule has 0 aliphatic heterocycles. The van der Waals surface area contributed by atoms with Crippen molar-refractivity contribution in [1.29, 1.82) is 10.5 Å². The van der Waals surface area contributed by atoms with Crippen molar-refractivity contribution in [3.63, 3.8) is 0 Å². The highest BCUT2D eigenvalue weighted by Crippen LogP contribution is 2.34. The third-order valence-electron chi connectivity index (χ3n) is 2.14. The van der Waals surface area contributed by atoms with Gasteiger partial charge in [0.2, 0.25) is 0 Å². The number of allylic oxidation sites excluding steroid dienone is 1. The van der Waals surface area contributed by atoms with Crippen LogP contribution in [0.15, 0.2) is 17.7 Å². The molecule has 0 spiro atoms. The molecule has 7 heteroatoms. The second-order valence-corrected chi connectivity index (χ2v) is 4.66. The third-order valence-corrected chi connectivity index (χ3v) is 2.94. The zero-order chi connectivity index (χ0) is 15.1. The molecule has 0 fully saturated rings. The Kier molecular flexibility index (Phi) is 5.81. The van der Waals surface area contributed by atoms with E-state index in [-0.39, 0.29) is 5.57 Å². The van der Waals surface area contributed by atoms with Crippen LogP contribution in [0.4, 0.5) is 0 Å². The van der Waals surface area contributed by atoms with Crippen molar-refractivity contribution in [3.8, 4) is 23.6 Å². The molecule has 0 radical (unpaired) electrons. The van der Waals surface area contributed by atoms with E-state index < -0.39 is 12.6 Å². The zero-order valence-electron chi connectivity index (χ0n) is 10.4. The maximum atomic E-state index is 10.5. The van der Waals surface area contributed by atoms with Crippen LogP contribution in [0.5, 0.6) is 11.5 Å². The Morgan fingerprint density at radius 3 is 2.60 bits per heavy atom. The van der Waals surface area contributed by atoms with E-state index in [1.165, 1.54) is 13.2 Å². The number of halogens is 1. The highest BCUT2D eigenvalue weighted by atomic mass is 127. The zero-order valence-corrected chi connectivity index (χ0v) is 12.5. The number of carbonyl (C=O) groups is 1. The van der Waals surface area contributed by atoms with Gasteiger partial charge in [0.1, 0.15) is 17.7 Å². The molecule has 1 aromatic carbocycles. The molecule has 0 unspecified atom stereocenters. The Morgan fingerprint density at radius 1 is 1.45 bits per heavy atom. The van der Waals surface area contributed by atoms with E-state index in [2.05, 4.69) is 0 Å². The van der Waals surface area contributed by atoms with E-state index in [4.69, 9.17) is 25.1 Å². The SMILES string of the molecule is COc1cc(C=C(C#N)C#N)cc(I)c1OCC(=O)O. The molecule has 0 aliphatic carbocycles. The van der Waals surface area contributed by atoms with Crippen molar-refractivity contribution >= 4 is 34.6 Å². The van der Waals surface area contributed by atoms with Crippen molar-refractivity contribution in [2.24, 2.45) is 0 Å². The summed E-state index contributed by atoms with van der Waals surface area (Å²) in [6.45, 7) is -0.483. The molecule has 0 bridgehead atoms. The van der Waals surface area contributed by atoms with Gasteiger partial charge in [-0.3, -0.25) is 0 Å². The number of nitrogens with zero attached hydrogens (tertiary/aromatic N) is 2. The van der Waals surface area contributed by atoms with Gasteiger partial charge in [-0.25, -0.2) is 4.79 Å². The number of carboxylic acid groups (broad SMARTS) is 1. The average Bonchev–Trinajstić information content (AvgIpc) is 2.42. The molecule has 6 nitrogen and oxygen atoms in total. The van der Waals surface area contributed by atoms with Crippen LogP contribution in [0.1, 0.15) is 5.56 Å². The summed E-state index contributed by atoms with van der Waals surface area (Å²) < 4.78 is 10.9. The summed E-state index contributed by atoms with van der Waals surface area (Å²) in [5.41, 5.74) is 0.550. The molecule has 0 heterocycles. The Balaban J connectivity index is 3.21. The number of rotatable bonds is 5. The second-order valence-electron chi connectivity index (χ2n) is 3.50. The first-order chi connectivity index (χ1) is 9.51. The Labute approximate surface area is 129 Å². The third kappa shape index (κ3) is 4.14. The normalized spacial score (nSPS) is 9.00. The molecule has 102 valence electrons. The van der Waals surface area contributed by atoms with Crippen molar-refractivity contribution in [1.82, 2.24) is 0 Å². The van der Waals surface area contributed by atoms with E-state index in [0.717, 1.165) is 0 Å². The molecule has 0 atom stereocenters. The number of aliphatic carboxylic acids is 1. The lowest BCUT2D eigenvalue weighted by Gasteiger charge is -2.12. The van der Waals surface area contributed by atoms with Gasteiger partial charge in [-0.1, -0.05) is 0 Å². The molecule has 1 rings (SSSR count). The fourth-order valence-electron chi connectivity index (χ4n) is 1.35. The van der Waals surface area contributed by atoms with Gasteiger partial charge in [0, 0.05) is 0 Å². The molecule has 0 saturated heterocycles. The van der Waals surface area contributed by atoms with Gasteiger partial charge in [-0.2, -0.15) is 10.5 Å². The van der Waals surface area contributed by atoms with Gasteiger partial charge in [0.25, 0.3) is 0 Å². The van der Waals surface area contributed by atoms with Crippen LogP contribution in [0, 0.1) is 26.2 Å². The summed E-state index contributed by atoms with van der Waals surface area (Å²) in [5, 5.41) is 26.1. The van der Waals surface area contributed by atoms with E-state index in [0.29, 0.717) is 20.6 Å². The van der Waals surface area contributed by atoms with Gasteiger partial charge in [-0.05, 0) is 46.4 Å². The Bertz CT molecular complexity index is 625. The van der Waals surface area contributed by atoms with Gasteiger partial charge < -0.3 is 14.6 Å². The molecule has 0 amide bonds. The molecular formula is C13H9IN2O4. The van der Waals surface area contributed by atoms with Crippen LogP contribution in [0.3, 0.4) is 0 Å². The molecule has 1 aromatic rings. The lowest BCUT2D eigenvalue weighted by atomic mass is 10.1. The summed E-state index contributed by atoms with van der Waals surface area (Å²) in [4.78, 5) is 10.5. The first kappa shape index (κ1) is 15.8.